The quantitative estimate of drug-likeness (QED) is 0.572. The molecule has 96 valence electrons. The number of nitrogens with two attached hydrogens (primary N) is 1. The second kappa shape index (κ2) is 7.06. The van der Waals surface area contributed by atoms with Crippen molar-refractivity contribution < 1.29 is 13.5 Å². The summed E-state index contributed by atoms with van der Waals surface area (Å²) in [6.45, 7) is 1.28. The molecule has 0 radical (unpaired) electrons. The van der Waals surface area contributed by atoms with Crippen LogP contribution < -0.4 is 11.1 Å². The molecular formula is C12H18F2N2O. The van der Waals surface area contributed by atoms with Gasteiger partial charge in [-0.1, -0.05) is 0 Å². The van der Waals surface area contributed by atoms with Gasteiger partial charge in [0.15, 0.2) is 11.6 Å². The van der Waals surface area contributed by atoms with Gasteiger partial charge in [0.05, 0.1) is 11.4 Å². The van der Waals surface area contributed by atoms with Gasteiger partial charge in [0, 0.05) is 20.3 Å². The molecule has 5 heteroatoms. The summed E-state index contributed by atoms with van der Waals surface area (Å²) in [6.07, 6.45) is 2.79. The summed E-state index contributed by atoms with van der Waals surface area (Å²) in [4.78, 5) is 0. The molecular weight excluding hydrogens is 226 g/mol. The van der Waals surface area contributed by atoms with Crippen molar-refractivity contribution in [3.63, 3.8) is 0 Å². The summed E-state index contributed by atoms with van der Waals surface area (Å²) in [5.74, 6) is -1.80. The molecule has 0 bridgehead atoms. The Bertz CT molecular complexity index is 359. The fourth-order valence-corrected chi connectivity index (χ4v) is 1.51. The van der Waals surface area contributed by atoms with Crippen molar-refractivity contribution in [2.75, 3.05) is 31.3 Å². The SMILES string of the molecule is COCCCCCNc1c(N)ccc(F)c1F. The topological polar surface area (TPSA) is 47.3 Å². The fourth-order valence-electron chi connectivity index (χ4n) is 1.51. The van der Waals surface area contributed by atoms with E-state index in [1.165, 1.54) is 6.07 Å². The summed E-state index contributed by atoms with van der Waals surface area (Å²) in [6, 6.07) is 2.38. The van der Waals surface area contributed by atoms with Crippen molar-refractivity contribution >= 4 is 11.4 Å². The normalized spacial score (nSPS) is 10.5. The first kappa shape index (κ1) is 13.7. The molecule has 1 aromatic carbocycles. The summed E-state index contributed by atoms with van der Waals surface area (Å²) < 4.78 is 31.2. The molecule has 0 aliphatic rings. The number of methoxy groups -OCH3 is 1. The van der Waals surface area contributed by atoms with Crippen LogP contribution in [0.5, 0.6) is 0 Å². The highest BCUT2D eigenvalue weighted by molar-refractivity contribution is 5.66. The smallest absolute Gasteiger partial charge is 0.183 e. The van der Waals surface area contributed by atoms with E-state index in [0.29, 0.717) is 6.54 Å². The third-order valence-corrected chi connectivity index (χ3v) is 2.45. The molecule has 3 nitrogen and oxygen atoms in total. The van der Waals surface area contributed by atoms with Crippen LogP contribution in [-0.4, -0.2) is 20.3 Å². The molecule has 0 unspecified atom stereocenters. The molecule has 0 amide bonds. The van der Waals surface area contributed by atoms with Crippen LogP contribution in [0.3, 0.4) is 0 Å². The van der Waals surface area contributed by atoms with Gasteiger partial charge in [-0.05, 0) is 31.4 Å². The van der Waals surface area contributed by atoms with Gasteiger partial charge in [0.25, 0.3) is 0 Å². The molecule has 1 rings (SSSR count). The second-order valence-electron chi connectivity index (χ2n) is 3.81. The van der Waals surface area contributed by atoms with Crippen molar-refractivity contribution in [1.82, 2.24) is 0 Å². The highest BCUT2D eigenvalue weighted by atomic mass is 19.2. The number of ether oxygens (including phenoxy) is 1. The van der Waals surface area contributed by atoms with E-state index >= 15 is 0 Å². The molecule has 0 aliphatic carbocycles. The number of hydrogen-bond donors (Lipinski definition) is 2. The van der Waals surface area contributed by atoms with Gasteiger partial charge in [0.2, 0.25) is 0 Å². The Kier molecular flexibility index (Phi) is 5.69. The molecule has 0 saturated carbocycles. The highest BCUT2D eigenvalue weighted by Crippen LogP contribution is 2.24. The number of anilines is 2. The van der Waals surface area contributed by atoms with E-state index in [-0.39, 0.29) is 11.4 Å². The van der Waals surface area contributed by atoms with Crippen molar-refractivity contribution in [2.45, 2.75) is 19.3 Å². The van der Waals surface area contributed by atoms with E-state index in [9.17, 15) is 8.78 Å². The summed E-state index contributed by atoms with van der Waals surface area (Å²) >= 11 is 0. The lowest BCUT2D eigenvalue weighted by molar-refractivity contribution is 0.192. The van der Waals surface area contributed by atoms with Crippen LogP contribution in [0.15, 0.2) is 12.1 Å². The summed E-state index contributed by atoms with van der Waals surface area (Å²) in [5.41, 5.74) is 5.84. The average Bonchev–Trinajstić information content (AvgIpc) is 2.32. The fraction of sp³-hybridized carbons (Fsp3) is 0.500. The van der Waals surface area contributed by atoms with Crippen LogP contribution >= 0.6 is 0 Å². The van der Waals surface area contributed by atoms with Crippen LogP contribution in [0.25, 0.3) is 0 Å². The Labute approximate surface area is 100.0 Å². The zero-order valence-electron chi connectivity index (χ0n) is 9.93. The average molecular weight is 244 g/mol. The van der Waals surface area contributed by atoms with E-state index < -0.39 is 11.6 Å². The number of hydrogen-bond acceptors (Lipinski definition) is 3. The number of rotatable bonds is 7. The van der Waals surface area contributed by atoms with Crippen molar-refractivity contribution in [3.05, 3.63) is 23.8 Å². The van der Waals surface area contributed by atoms with Crippen LogP contribution in [0, 0.1) is 11.6 Å². The Morgan fingerprint density at radius 3 is 2.71 bits per heavy atom. The van der Waals surface area contributed by atoms with Crippen molar-refractivity contribution in [3.8, 4) is 0 Å². The molecule has 0 saturated heterocycles. The zero-order chi connectivity index (χ0) is 12.7. The van der Waals surface area contributed by atoms with E-state index in [4.69, 9.17) is 10.5 Å². The van der Waals surface area contributed by atoms with Crippen LogP contribution in [0.4, 0.5) is 20.2 Å². The standard InChI is InChI=1S/C12H18F2N2O/c1-17-8-4-2-3-7-16-12-10(15)6-5-9(13)11(12)14/h5-6,16H,2-4,7-8,15H2,1H3. The van der Waals surface area contributed by atoms with E-state index in [0.717, 1.165) is 31.9 Å². The first-order valence-corrected chi connectivity index (χ1v) is 5.63. The largest absolute Gasteiger partial charge is 0.397 e. The molecule has 1 aromatic rings. The second-order valence-corrected chi connectivity index (χ2v) is 3.81. The number of halogens is 2. The van der Waals surface area contributed by atoms with Gasteiger partial charge in [-0.25, -0.2) is 8.78 Å². The molecule has 0 aliphatic heterocycles. The molecule has 0 aromatic heterocycles. The van der Waals surface area contributed by atoms with Gasteiger partial charge >= 0.3 is 0 Å². The minimum absolute atomic E-state index is 0.0525. The van der Waals surface area contributed by atoms with Gasteiger partial charge in [-0.2, -0.15) is 0 Å². The van der Waals surface area contributed by atoms with Gasteiger partial charge in [-0.3, -0.25) is 0 Å². The molecule has 0 fully saturated rings. The number of nitrogens with one attached hydrogen (secondary N) is 1. The molecule has 0 heterocycles. The molecule has 3 N–H and O–H groups in total. The lowest BCUT2D eigenvalue weighted by atomic mass is 10.2. The van der Waals surface area contributed by atoms with E-state index in [2.05, 4.69) is 5.32 Å². The first-order valence-electron chi connectivity index (χ1n) is 5.63. The Morgan fingerprint density at radius 2 is 2.00 bits per heavy atom. The van der Waals surface area contributed by atoms with Crippen molar-refractivity contribution in [1.29, 1.82) is 0 Å². The Morgan fingerprint density at radius 1 is 1.24 bits per heavy atom. The maximum atomic E-state index is 13.4. The monoisotopic (exact) mass is 244 g/mol. The molecule has 0 spiro atoms. The minimum atomic E-state index is -0.915. The maximum Gasteiger partial charge on any atom is 0.183 e. The summed E-state index contributed by atoms with van der Waals surface area (Å²) in [7, 11) is 1.65. The first-order chi connectivity index (χ1) is 8.16. The van der Waals surface area contributed by atoms with E-state index in [1.807, 2.05) is 0 Å². The van der Waals surface area contributed by atoms with Gasteiger partial charge in [0.1, 0.15) is 0 Å². The minimum Gasteiger partial charge on any atom is -0.397 e. The van der Waals surface area contributed by atoms with Gasteiger partial charge < -0.3 is 15.8 Å². The maximum absolute atomic E-state index is 13.4. The lowest BCUT2D eigenvalue weighted by Gasteiger charge is -2.10. The predicted octanol–water partition coefficient (Wildman–Crippen LogP) is 2.78. The third kappa shape index (κ3) is 4.19. The lowest BCUT2D eigenvalue weighted by Crippen LogP contribution is -2.07. The highest BCUT2D eigenvalue weighted by Gasteiger charge is 2.10. The third-order valence-electron chi connectivity index (χ3n) is 2.45. The van der Waals surface area contributed by atoms with Crippen molar-refractivity contribution in [2.24, 2.45) is 0 Å². The Hall–Kier alpha value is -1.36. The Balaban J connectivity index is 2.39. The predicted molar refractivity (Wildman–Crippen MR) is 65.0 cm³/mol. The zero-order valence-corrected chi connectivity index (χ0v) is 9.93. The summed E-state index contributed by atoms with van der Waals surface area (Å²) in [5, 5.41) is 2.82. The van der Waals surface area contributed by atoms with Crippen LogP contribution in [-0.2, 0) is 4.74 Å². The number of nitrogen functional groups attached to an aromatic ring is 1. The number of unbranched alkanes of at least 4 members (excludes halogenated alkanes) is 2. The molecule has 17 heavy (non-hydrogen) atoms. The van der Waals surface area contributed by atoms with Crippen LogP contribution in [0.1, 0.15) is 19.3 Å². The van der Waals surface area contributed by atoms with E-state index in [1.54, 1.807) is 7.11 Å². The number of benzene rings is 1. The molecule has 0 atom stereocenters. The van der Waals surface area contributed by atoms with Crippen LogP contribution in [0.2, 0.25) is 0 Å². The van der Waals surface area contributed by atoms with Gasteiger partial charge in [-0.15, -0.1) is 0 Å².